The molecule has 0 N–H and O–H groups in total. The van der Waals surface area contributed by atoms with Gasteiger partial charge < -0.3 is 9.80 Å². The fourth-order valence-electron chi connectivity index (χ4n) is 1.56. The SMILES string of the molecule is CN=C(N(C)C)N(C)c1c(Cl)cccc1Cl. The average molecular weight is 260 g/mol. The molecule has 0 aliphatic heterocycles. The van der Waals surface area contributed by atoms with Crippen LogP contribution in [-0.2, 0) is 0 Å². The first-order chi connectivity index (χ1) is 7.49. The molecule has 0 aliphatic carbocycles. The number of nitrogens with zero attached hydrogens (tertiary/aromatic N) is 3. The van der Waals surface area contributed by atoms with Gasteiger partial charge in [-0.05, 0) is 12.1 Å². The number of hydrogen-bond acceptors (Lipinski definition) is 1. The summed E-state index contributed by atoms with van der Waals surface area (Å²) in [4.78, 5) is 7.97. The molecule has 0 saturated carbocycles. The monoisotopic (exact) mass is 259 g/mol. The van der Waals surface area contributed by atoms with Crippen molar-refractivity contribution in [2.24, 2.45) is 4.99 Å². The number of rotatable bonds is 1. The van der Waals surface area contributed by atoms with E-state index < -0.39 is 0 Å². The van der Waals surface area contributed by atoms with Crippen molar-refractivity contribution in [3.8, 4) is 0 Å². The molecule has 0 heterocycles. The molecule has 3 nitrogen and oxygen atoms in total. The second kappa shape index (κ2) is 5.41. The molecule has 1 aromatic rings. The average Bonchev–Trinajstić information content (AvgIpc) is 2.17. The molecule has 0 saturated heterocycles. The van der Waals surface area contributed by atoms with E-state index in [1.165, 1.54) is 0 Å². The molecular weight excluding hydrogens is 245 g/mol. The summed E-state index contributed by atoms with van der Waals surface area (Å²) in [5.74, 6) is 0.787. The predicted octanol–water partition coefficient (Wildman–Crippen LogP) is 2.98. The second-order valence-electron chi connectivity index (χ2n) is 3.55. The highest BCUT2D eigenvalue weighted by Crippen LogP contribution is 2.32. The Bertz CT molecular complexity index is 382. The molecule has 0 bridgehead atoms. The molecule has 0 unspecified atom stereocenters. The molecule has 0 amide bonds. The molecule has 0 radical (unpaired) electrons. The van der Waals surface area contributed by atoms with E-state index in [0.29, 0.717) is 10.0 Å². The second-order valence-corrected chi connectivity index (χ2v) is 4.36. The van der Waals surface area contributed by atoms with E-state index in [9.17, 15) is 0 Å². The smallest absolute Gasteiger partial charge is 0.200 e. The van der Waals surface area contributed by atoms with Crippen LogP contribution in [0, 0.1) is 0 Å². The topological polar surface area (TPSA) is 18.8 Å². The highest BCUT2D eigenvalue weighted by molar-refractivity contribution is 6.39. The zero-order valence-electron chi connectivity index (χ0n) is 9.83. The quantitative estimate of drug-likeness (QED) is 0.571. The molecule has 0 aromatic heterocycles. The zero-order valence-corrected chi connectivity index (χ0v) is 11.3. The van der Waals surface area contributed by atoms with E-state index in [4.69, 9.17) is 23.2 Å². The number of benzene rings is 1. The van der Waals surface area contributed by atoms with Gasteiger partial charge >= 0.3 is 0 Å². The van der Waals surface area contributed by atoms with Gasteiger partial charge in [-0.1, -0.05) is 29.3 Å². The van der Waals surface area contributed by atoms with Crippen LogP contribution in [0.1, 0.15) is 0 Å². The van der Waals surface area contributed by atoms with Crippen molar-refractivity contribution < 1.29 is 0 Å². The fourth-order valence-corrected chi connectivity index (χ4v) is 2.21. The van der Waals surface area contributed by atoms with E-state index >= 15 is 0 Å². The molecule has 0 aliphatic rings. The van der Waals surface area contributed by atoms with Gasteiger partial charge in [-0.3, -0.25) is 4.99 Å². The lowest BCUT2D eigenvalue weighted by atomic mass is 10.3. The lowest BCUT2D eigenvalue weighted by Crippen LogP contribution is -2.38. The van der Waals surface area contributed by atoms with E-state index in [-0.39, 0.29) is 0 Å². The molecule has 5 heteroatoms. The van der Waals surface area contributed by atoms with Gasteiger partial charge in [0.2, 0.25) is 0 Å². The van der Waals surface area contributed by atoms with Crippen LogP contribution in [0.5, 0.6) is 0 Å². The minimum Gasteiger partial charge on any atom is -0.349 e. The van der Waals surface area contributed by atoms with E-state index in [1.54, 1.807) is 7.05 Å². The van der Waals surface area contributed by atoms with Crippen LogP contribution < -0.4 is 4.90 Å². The summed E-state index contributed by atoms with van der Waals surface area (Å²) in [6.07, 6.45) is 0. The first-order valence-electron chi connectivity index (χ1n) is 4.81. The van der Waals surface area contributed by atoms with Gasteiger partial charge in [0.05, 0.1) is 15.7 Å². The van der Waals surface area contributed by atoms with Crippen molar-refractivity contribution in [3.05, 3.63) is 28.2 Å². The van der Waals surface area contributed by atoms with E-state index in [1.807, 2.05) is 49.1 Å². The molecule has 1 rings (SSSR count). The highest BCUT2D eigenvalue weighted by Gasteiger charge is 2.16. The lowest BCUT2D eigenvalue weighted by molar-refractivity contribution is 0.607. The third-order valence-electron chi connectivity index (χ3n) is 2.17. The maximum atomic E-state index is 6.13. The third-order valence-corrected chi connectivity index (χ3v) is 2.78. The van der Waals surface area contributed by atoms with Crippen LogP contribution in [0.2, 0.25) is 10.0 Å². The Kier molecular flexibility index (Phi) is 4.44. The largest absolute Gasteiger partial charge is 0.349 e. The Morgan fingerprint density at radius 1 is 1.12 bits per heavy atom. The predicted molar refractivity (Wildman–Crippen MR) is 71.9 cm³/mol. The Balaban J connectivity index is 3.19. The maximum absolute atomic E-state index is 6.13. The number of anilines is 1. The van der Waals surface area contributed by atoms with Gasteiger partial charge in [-0.15, -0.1) is 0 Å². The van der Waals surface area contributed by atoms with Crippen LogP contribution >= 0.6 is 23.2 Å². The minimum absolute atomic E-state index is 0.609. The number of halogens is 2. The Hall–Kier alpha value is -0.930. The van der Waals surface area contributed by atoms with Gasteiger partial charge in [-0.25, -0.2) is 0 Å². The van der Waals surface area contributed by atoms with Gasteiger partial charge in [-0.2, -0.15) is 0 Å². The summed E-state index contributed by atoms with van der Waals surface area (Å²) < 4.78 is 0. The van der Waals surface area contributed by atoms with Crippen molar-refractivity contribution in [2.45, 2.75) is 0 Å². The summed E-state index contributed by atoms with van der Waals surface area (Å²) in [6.45, 7) is 0. The third kappa shape index (κ3) is 2.60. The van der Waals surface area contributed by atoms with Gasteiger partial charge in [0.25, 0.3) is 0 Å². The van der Waals surface area contributed by atoms with Crippen LogP contribution in [0.15, 0.2) is 23.2 Å². The molecule has 0 fully saturated rings. The first kappa shape index (κ1) is 13.1. The summed E-state index contributed by atoms with van der Waals surface area (Å²) >= 11 is 12.3. The van der Waals surface area contributed by atoms with Crippen LogP contribution in [-0.4, -0.2) is 39.1 Å². The Morgan fingerprint density at radius 3 is 2.00 bits per heavy atom. The molecule has 16 heavy (non-hydrogen) atoms. The van der Waals surface area contributed by atoms with E-state index in [0.717, 1.165) is 11.6 Å². The standard InChI is InChI=1S/C11H15Cl2N3/c1-14-11(15(2)3)16(4)10-8(12)6-5-7-9(10)13/h5-7H,1-4H3. The Morgan fingerprint density at radius 2 is 1.62 bits per heavy atom. The van der Waals surface area contributed by atoms with Gasteiger partial charge in [0.15, 0.2) is 5.96 Å². The fraction of sp³-hybridized carbons (Fsp3) is 0.364. The van der Waals surface area contributed by atoms with Gasteiger partial charge in [0, 0.05) is 28.2 Å². The van der Waals surface area contributed by atoms with Crippen molar-refractivity contribution >= 4 is 34.8 Å². The molecule has 0 spiro atoms. The molecule has 0 atom stereocenters. The maximum Gasteiger partial charge on any atom is 0.200 e. The number of guanidine groups is 1. The summed E-state index contributed by atoms with van der Waals surface area (Å²) in [5.41, 5.74) is 0.764. The van der Waals surface area contributed by atoms with Crippen molar-refractivity contribution in [1.29, 1.82) is 0 Å². The molecule has 1 aromatic carbocycles. The lowest BCUT2D eigenvalue weighted by Gasteiger charge is -2.27. The number of aliphatic imine (C=N–C) groups is 1. The Labute approximate surface area is 106 Å². The molecular formula is C11H15Cl2N3. The summed E-state index contributed by atoms with van der Waals surface area (Å²) in [6, 6.07) is 5.44. The number of hydrogen-bond donors (Lipinski definition) is 0. The van der Waals surface area contributed by atoms with E-state index in [2.05, 4.69) is 4.99 Å². The van der Waals surface area contributed by atoms with Gasteiger partial charge in [0.1, 0.15) is 0 Å². The number of para-hydroxylation sites is 1. The van der Waals surface area contributed by atoms with Crippen LogP contribution in [0.3, 0.4) is 0 Å². The van der Waals surface area contributed by atoms with Crippen molar-refractivity contribution in [3.63, 3.8) is 0 Å². The van der Waals surface area contributed by atoms with Crippen molar-refractivity contribution in [2.75, 3.05) is 33.1 Å². The van der Waals surface area contributed by atoms with Crippen LogP contribution in [0.4, 0.5) is 5.69 Å². The summed E-state index contributed by atoms with van der Waals surface area (Å²) in [7, 11) is 7.46. The zero-order chi connectivity index (χ0) is 12.3. The van der Waals surface area contributed by atoms with Crippen LogP contribution in [0.25, 0.3) is 0 Å². The van der Waals surface area contributed by atoms with Crippen molar-refractivity contribution in [1.82, 2.24) is 4.90 Å². The molecule has 88 valence electrons. The summed E-state index contributed by atoms with van der Waals surface area (Å²) in [5, 5.41) is 1.22. The first-order valence-corrected chi connectivity index (χ1v) is 5.56. The minimum atomic E-state index is 0.609. The normalized spacial score (nSPS) is 11.5. The highest BCUT2D eigenvalue weighted by atomic mass is 35.5.